The lowest BCUT2D eigenvalue weighted by molar-refractivity contribution is -0.135. The van der Waals surface area contributed by atoms with Gasteiger partial charge in [0.25, 0.3) is 0 Å². The summed E-state index contributed by atoms with van der Waals surface area (Å²) in [5.41, 5.74) is 2.70. The summed E-state index contributed by atoms with van der Waals surface area (Å²) >= 11 is 3.02. The number of ether oxygens (including phenoxy) is 1. The highest BCUT2D eigenvalue weighted by molar-refractivity contribution is 7.99. The Bertz CT molecular complexity index is 1190. The molecule has 2 aromatic carbocycles. The maximum absolute atomic E-state index is 13.0. The van der Waals surface area contributed by atoms with E-state index in [1.54, 1.807) is 40.9 Å². The fourth-order valence-electron chi connectivity index (χ4n) is 3.45. The number of benzene rings is 2. The summed E-state index contributed by atoms with van der Waals surface area (Å²) in [6, 6.07) is 15.9. The van der Waals surface area contributed by atoms with E-state index in [1.807, 2.05) is 42.6 Å². The van der Waals surface area contributed by atoms with Crippen molar-refractivity contribution >= 4 is 40.6 Å². The van der Waals surface area contributed by atoms with Gasteiger partial charge in [0, 0.05) is 16.8 Å². The summed E-state index contributed by atoms with van der Waals surface area (Å²) in [5, 5.41) is 14.4. The van der Waals surface area contributed by atoms with Crippen molar-refractivity contribution in [2.75, 3.05) is 23.6 Å². The van der Waals surface area contributed by atoms with Crippen LogP contribution in [-0.4, -0.2) is 46.0 Å². The number of nitriles is 1. The largest absolute Gasteiger partial charge is 0.493 e. The summed E-state index contributed by atoms with van der Waals surface area (Å²) in [6.07, 6.45) is 0.133. The highest BCUT2D eigenvalue weighted by Crippen LogP contribution is 2.32. The van der Waals surface area contributed by atoms with Gasteiger partial charge in [0.2, 0.25) is 11.8 Å². The molecule has 9 heteroatoms. The topological polar surface area (TPSA) is 95.3 Å². The van der Waals surface area contributed by atoms with E-state index in [1.165, 1.54) is 11.3 Å². The van der Waals surface area contributed by atoms with Gasteiger partial charge in [-0.2, -0.15) is 5.26 Å². The molecule has 33 heavy (non-hydrogen) atoms. The third kappa shape index (κ3) is 5.35. The summed E-state index contributed by atoms with van der Waals surface area (Å²) in [7, 11) is 0. The Labute approximate surface area is 200 Å². The molecule has 4 rings (SSSR count). The molecule has 0 aliphatic carbocycles. The molecule has 1 N–H and O–H groups in total. The molecule has 0 spiro atoms. The number of nitrogens with one attached hydrogen (secondary N) is 1. The number of hydrogen-bond acceptors (Lipinski definition) is 7. The van der Waals surface area contributed by atoms with Crippen LogP contribution in [0.5, 0.6) is 5.75 Å². The molecule has 3 aromatic rings. The molecule has 0 radical (unpaired) electrons. The van der Waals surface area contributed by atoms with Crippen molar-refractivity contribution in [1.29, 1.82) is 5.26 Å². The fourth-order valence-corrected chi connectivity index (χ4v) is 5.48. The minimum atomic E-state index is -0.546. The van der Waals surface area contributed by atoms with Crippen LogP contribution in [0.15, 0.2) is 53.9 Å². The number of carbonyl (C=O) groups excluding carboxylic acids is 2. The first-order valence-corrected chi connectivity index (χ1v) is 12.5. The smallest absolute Gasteiger partial charge is 0.248 e. The van der Waals surface area contributed by atoms with Crippen molar-refractivity contribution in [2.45, 2.75) is 19.4 Å². The van der Waals surface area contributed by atoms with Crippen molar-refractivity contribution in [2.24, 2.45) is 0 Å². The number of hydrogen-bond donors (Lipinski definition) is 1. The maximum Gasteiger partial charge on any atom is 0.248 e. The van der Waals surface area contributed by atoms with E-state index >= 15 is 0 Å². The summed E-state index contributed by atoms with van der Waals surface area (Å²) in [5.74, 6) is 1.41. The predicted octanol–water partition coefficient (Wildman–Crippen LogP) is 4.16. The monoisotopic (exact) mass is 478 g/mol. The highest BCUT2D eigenvalue weighted by atomic mass is 32.2. The summed E-state index contributed by atoms with van der Waals surface area (Å²) in [4.78, 5) is 32.1. The first-order valence-electron chi connectivity index (χ1n) is 10.4. The number of thiazole rings is 1. The van der Waals surface area contributed by atoms with Gasteiger partial charge in [-0.3, -0.25) is 9.59 Å². The van der Waals surface area contributed by atoms with Crippen molar-refractivity contribution in [3.63, 3.8) is 0 Å². The van der Waals surface area contributed by atoms with Crippen LogP contribution in [0.2, 0.25) is 0 Å². The number of nitrogens with zero attached hydrogens (tertiary/aromatic N) is 3. The van der Waals surface area contributed by atoms with Gasteiger partial charge < -0.3 is 15.0 Å². The molecule has 2 heterocycles. The van der Waals surface area contributed by atoms with Crippen LogP contribution in [-0.2, 0) is 16.0 Å². The Morgan fingerprint density at radius 3 is 2.79 bits per heavy atom. The van der Waals surface area contributed by atoms with Crippen LogP contribution in [0.1, 0.15) is 18.2 Å². The first-order chi connectivity index (χ1) is 16.1. The van der Waals surface area contributed by atoms with Crippen molar-refractivity contribution in [3.8, 4) is 22.4 Å². The zero-order valence-electron chi connectivity index (χ0n) is 18.0. The molecule has 1 aliphatic heterocycles. The van der Waals surface area contributed by atoms with Gasteiger partial charge in [0.1, 0.15) is 16.8 Å². The molecule has 0 bridgehead atoms. The van der Waals surface area contributed by atoms with E-state index in [9.17, 15) is 9.59 Å². The number of thioether (sulfide) groups is 1. The van der Waals surface area contributed by atoms with E-state index in [-0.39, 0.29) is 18.2 Å². The van der Waals surface area contributed by atoms with E-state index in [4.69, 9.17) is 10.00 Å². The Balaban J connectivity index is 1.42. The van der Waals surface area contributed by atoms with Gasteiger partial charge in [0.05, 0.1) is 41.8 Å². The molecular formula is C24H22N4O3S2. The molecule has 1 aliphatic rings. The quantitative estimate of drug-likeness (QED) is 0.548. The van der Waals surface area contributed by atoms with Gasteiger partial charge in [-0.15, -0.1) is 23.1 Å². The Hall–Kier alpha value is -3.35. The Kier molecular flexibility index (Phi) is 7.27. The van der Waals surface area contributed by atoms with Crippen LogP contribution in [0.3, 0.4) is 0 Å². The van der Waals surface area contributed by atoms with Crippen molar-refractivity contribution in [1.82, 2.24) is 9.88 Å². The SMILES string of the molecule is CCOc1ccccc1-c1nc(CC(=O)N2CSCC2C(=O)Nc2ccc(C#N)cc2)cs1. The molecular weight excluding hydrogens is 456 g/mol. The molecule has 2 amide bonds. The first kappa shape index (κ1) is 22.8. The second-order valence-electron chi connectivity index (χ2n) is 7.31. The minimum Gasteiger partial charge on any atom is -0.493 e. The van der Waals surface area contributed by atoms with Crippen LogP contribution in [0, 0.1) is 11.3 Å². The van der Waals surface area contributed by atoms with Crippen LogP contribution in [0.4, 0.5) is 5.69 Å². The second-order valence-corrected chi connectivity index (χ2v) is 9.17. The van der Waals surface area contributed by atoms with Gasteiger partial charge in [-0.05, 0) is 43.3 Å². The lowest BCUT2D eigenvalue weighted by Crippen LogP contribution is -2.45. The average Bonchev–Trinajstić information content (AvgIpc) is 3.50. The number of carbonyl (C=O) groups is 2. The molecule has 1 saturated heterocycles. The molecule has 1 unspecified atom stereocenters. The standard InChI is InChI=1S/C24H22N4O3S2/c1-2-31-21-6-4-3-5-19(21)24-27-18(13-33-24)11-22(29)28-15-32-14-20(28)23(30)26-17-9-7-16(12-25)8-10-17/h3-10,13,20H,2,11,14-15H2,1H3,(H,26,30). The molecule has 0 saturated carbocycles. The molecule has 1 atom stereocenters. The number of anilines is 1. The number of amides is 2. The third-order valence-corrected chi connectivity index (χ3v) is 7.02. The highest BCUT2D eigenvalue weighted by Gasteiger charge is 2.34. The zero-order chi connectivity index (χ0) is 23.2. The average molecular weight is 479 g/mol. The van der Waals surface area contributed by atoms with Gasteiger partial charge in [-0.1, -0.05) is 12.1 Å². The predicted molar refractivity (Wildman–Crippen MR) is 130 cm³/mol. The molecule has 1 fully saturated rings. The van der Waals surface area contributed by atoms with Gasteiger partial charge in [0.15, 0.2) is 0 Å². The minimum absolute atomic E-state index is 0.130. The number of para-hydroxylation sites is 1. The summed E-state index contributed by atoms with van der Waals surface area (Å²) in [6.45, 7) is 2.50. The Morgan fingerprint density at radius 2 is 2.03 bits per heavy atom. The van der Waals surface area contributed by atoms with Crippen LogP contribution in [0.25, 0.3) is 10.6 Å². The Morgan fingerprint density at radius 1 is 1.24 bits per heavy atom. The maximum atomic E-state index is 13.0. The lowest BCUT2D eigenvalue weighted by atomic mass is 10.2. The van der Waals surface area contributed by atoms with E-state index in [0.29, 0.717) is 35.2 Å². The van der Waals surface area contributed by atoms with Crippen LogP contribution >= 0.6 is 23.1 Å². The lowest BCUT2D eigenvalue weighted by Gasteiger charge is -2.22. The van der Waals surface area contributed by atoms with Gasteiger partial charge >= 0.3 is 0 Å². The van der Waals surface area contributed by atoms with E-state index in [0.717, 1.165) is 16.3 Å². The zero-order valence-corrected chi connectivity index (χ0v) is 19.6. The number of aromatic nitrogens is 1. The molecule has 168 valence electrons. The normalized spacial score (nSPS) is 15.2. The van der Waals surface area contributed by atoms with Crippen molar-refractivity contribution < 1.29 is 14.3 Å². The van der Waals surface area contributed by atoms with Crippen molar-refractivity contribution in [3.05, 3.63) is 65.2 Å². The second kappa shape index (κ2) is 10.5. The van der Waals surface area contributed by atoms with Crippen LogP contribution < -0.4 is 10.1 Å². The van der Waals surface area contributed by atoms with Gasteiger partial charge in [-0.25, -0.2) is 4.98 Å². The number of rotatable bonds is 7. The summed E-state index contributed by atoms with van der Waals surface area (Å²) < 4.78 is 5.69. The molecule has 1 aromatic heterocycles. The van der Waals surface area contributed by atoms with E-state index < -0.39 is 6.04 Å². The fraction of sp³-hybridized carbons (Fsp3) is 0.250. The third-order valence-electron chi connectivity index (χ3n) is 5.09. The molecule has 7 nitrogen and oxygen atoms in total. The van der Waals surface area contributed by atoms with E-state index in [2.05, 4.69) is 10.3 Å².